The van der Waals surface area contributed by atoms with Gasteiger partial charge in [-0.25, -0.2) is 0 Å². The molecular weight excluding hydrogens is 653 g/mol. The van der Waals surface area contributed by atoms with Crippen LogP contribution >= 0.6 is 0 Å². The van der Waals surface area contributed by atoms with Crippen molar-refractivity contribution in [1.29, 1.82) is 0 Å². The molecule has 0 aliphatic carbocycles. The van der Waals surface area contributed by atoms with Crippen LogP contribution in [-0.4, -0.2) is 126 Å². The third-order valence-corrected chi connectivity index (χ3v) is 4.67. The maximum absolute atomic E-state index is 10.1. The molecule has 27 heteroatoms. The summed E-state index contributed by atoms with van der Waals surface area (Å²) in [5.41, 5.74) is 2.45. The Balaban J connectivity index is -0.0000000414. The summed E-state index contributed by atoms with van der Waals surface area (Å²) in [6, 6.07) is 17.8. The van der Waals surface area contributed by atoms with Crippen molar-refractivity contribution >= 4 is 29.3 Å². The Hall–Kier alpha value is -0.300. The molecule has 2 aromatic carbocycles. The summed E-state index contributed by atoms with van der Waals surface area (Å²) >= 11 is 0. The van der Waals surface area contributed by atoms with E-state index in [0.717, 1.165) is 0 Å². The fraction of sp³-hybridized carbons (Fsp3) is 0.368. The van der Waals surface area contributed by atoms with Crippen LogP contribution in [0.25, 0.3) is 0 Å². The van der Waals surface area contributed by atoms with E-state index in [0.29, 0.717) is 19.0 Å². The maximum atomic E-state index is 10.1. The van der Waals surface area contributed by atoms with Crippen molar-refractivity contribution in [3.63, 3.8) is 0 Å². The zero-order valence-electron chi connectivity index (χ0n) is 25.9. The van der Waals surface area contributed by atoms with Crippen LogP contribution in [0, 0.1) is 0 Å². The van der Waals surface area contributed by atoms with Crippen LogP contribution in [0.15, 0.2) is 54.6 Å². The second-order valence-corrected chi connectivity index (χ2v) is 7.43. The van der Waals surface area contributed by atoms with Gasteiger partial charge >= 0.3 is 88.4 Å². The Kier molecular flexibility index (Phi) is 67.4. The Morgan fingerprint density at radius 1 is 0.609 bits per heavy atom. The molecule has 2 heterocycles. The number of hydrogen-bond donors (Lipinski definition) is 3. The largest absolute Gasteiger partial charge is 1.00 e. The van der Waals surface area contributed by atoms with Crippen molar-refractivity contribution in [2.24, 2.45) is 0 Å². The SMILES string of the molecule is CC(C)(c1ccccc1)c1ccc(O)cc1.O.O.O.O.O.O.O.O.O.O.OCCOCCO.[Na+].[Na+].[O-]B1OB(OB2OB([O-])O2)O1. The number of ether oxygens (including phenoxy) is 1. The molecule has 0 saturated carbocycles. The standard InChI is InChI=1S/C15H16O.C4H10O3.B4O7.2Na.10H2O/c1-15(2,12-6-4-3-5-7-12)13-8-10-14(16)11-9-13;5-1-3-7-4-2-6;5-1-7-3(8-1)11-4-9-2(6)10-4;;;;;;;;;;;;/h3-11,16H,1-2H3;5-6H,1-4H2;;;;10*1H2/q;;-2;2*+1;;;;;;;;;;. The van der Waals surface area contributed by atoms with Gasteiger partial charge in [0.15, 0.2) is 0 Å². The average molecular weight is 700 g/mol. The monoisotopic (exact) mass is 700 g/mol. The van der Waals surface area contributed by atoms with E-state index in [9.17, 15) is 15.2 Å². The fourth-order valence-electron chi connectivity index (χ4n) is 2.73. The fourth-order valence-corrected chi connectivity index (χ4v) is 2.73. The molecule has 2 aliphatic heterocycles. The van der Waals surface area contributed by atoms with E-state index in [2.05, 4.69) is 65.7 Å². The van der Waals surface area contributed by atoms with Crippen LogP contribution < -0.4 is 69.2 Å². The van der Waals surface area contributed by atoms with Gasteiger partial charge in [0.1, 0.15) is 5.75 Å². The van der Waals surface area contributed by atoms with Crippen LogP contribution in [0.2, 0.25) is 0 Å². The number of aliphatic hydroxyl groups excluding tert-OH is 2. The first-order valence-corrected chi connectivity index (χ1v) is 10.5. The molecule has 23 N–H and O–H groups in total. The average Bonchev–Trinajstić information content (AvgIpc) is 2.79. The summed E-state index contributed by atoms with van der Waals surface area (Å²) in [5.74, 6) is 0.313. The number of aromatic hydroxyl groups is 1. The molecule has 2 saturated heterocycles. The first-order valence-electron chi connectivity index (χ1n) is 10.5. The zero-order valence-corrected chi connectivity index (χ0v) is 29.9. The molecule has 0 amide bonds. The van der Waals surface area contributed by atoms with E-state index >= 15 is 0 Å². The molecule has 0 spiro atoms. The van der Waals surface area contributed by atoms with E-state index in [1.807, 2.05) is 18.2 Å². The quantitative estimate of drug-likeness (QED) is 0.171. The normalized spacial score (nSPS) is 11.0. The molecule has 46 heavy (non-hydrogen) atoms. The summed E-state index contributed by atoms with van der Waals surface area (Å²) in [6.45, 7) is 5.07. The minimum Gasteiger partial charge on any atom is -0.833 e. The Bertz CT molecular complexity index is 809. The molecule has 262 valence electrons. The Morgan fingerprint density at radius 3 is 1.24 bits per heavy atom. The van der Waals surface area contributed by atoms with Crippen molar-refractivity contribution in [1.82, 2.24) is 0 Å². The van der Waals surface area contributed by atoms with Crippen molar-refractivity contribution in [3.05, 3.63) is 65.7 Å². The second-order valence-electron chi connectivity index (χ2n) is 7.43. The topological polar surface area (TPSA) is 477 Å². The molecule has 2 fully saturated rings. The first-order chi connectivity index (χ1) is 16.3. The summed E-state index contributed by atoms with van der Waals surface area (Å²) < 4.78 is 26.5. The van der Waals surface area contributed by atoms with Crippen LogP contribution in [0.5, 0.6) is 5.75 Å². The molecule has 2 aromatic rings. The minimum absolute atomic E-state index is 0. The van der Waals surface area contributed by atoms with E-state index in [1.165, 1.54) is 11.1 Å². The predicted octanol–water partition coefficient (Wildman–Crippen LogP) is -15.8. The molecule has 0 radical (unpaired) electrons. The zero-order chi connectivity index (χ0) is 25.0. The van der Waals surface area contributed by atoms with Gasteiger partial charge in [-0.1, -0.05) is 56.3 Å². The molecule has 0 unspecified atom stereocenters. The van der Waals surface area contributed by atoms with Crippen molar-refractivity contribution in [2.75, 3.05) is 26.4 Å². The van der Waals surface area contributed by atoms with Gasteiger partial charge in [0.25, 0.3) is 0 Å². The minimum atomic E-state index is -1.51. The number of rotatable bonds is 8. The third-order valence-electron chi connectivity index (χ3n) is 4.67. The second kappa shape index (κ2) is 40.9. The number of aliphatic hydroxyl groups is 2. The van der Waals surface area contributed by atoms with Crippen LogP contribution in [-0.2, 0) is 33.0 Å². The summed E-state index contributed by atoms with van der Waals surface area (Å²) in [6.07, 6.45) is 0. The Labute approximate surface area is 311 Å². The third kappa shape index (κ3) is 27.6. The van der Waals surface area contributed by atoms with Gasteiger partial charge in [0, 0.05) is 5.41 Å². The van der Waals surface area contributed by atoms with E-state index in [-0.39, 0.29) is 133 Å². The molecule has 21 nitrogen and oxygen atoms in total. The van der Waals surface area contributed by atoms with Gasteiger partial charge in [-0.3, -0.25) is 0 Å². The van der Waals surface area contributed by atoms with Crippen molar-refractivity contribution < 1.29 is 167 Å². The Morgan fingerprint density at radius 2 is 0.935 bits per heavy atom. The number of benzene rings is 2. The van der Waals surface area contributed by atoms with E-state index in [1.54, 1.807) is 12.1 Å². The summed E-state index contributed by atoms with van der Waals surface area (Å²) in [5, 5.41) is 45.6. The van der Waals surface area contributed by atoms with Gasteiger partial charge in [-0.05, 0) is 23.3 Å². The van der Waals surface area contributed by atoms with Gasteiger partial charge < -0.3 is 108 Å². The van der Waals surface area contributed by atoms with E-state index < -0.39 is 29.3 Å². The molecular formula is C19H46B4Na2O21. The van der Waals surface area contributed by atoms with Gasteiger partial charge in [-0.15, -0.1) is 0 Å². The molecule has 0 bridgehead atoms. The van der Waals surface area contributed by atoms with Crippen molar-refractivity contribution in [3.8, 4) is 5.75 Å². The van der Waals surface area contributed by atoms with Gasteiger partial charge in [-0.2, -0.15) is 0 Å². The van der Waals surface area contributed by atoms with Gasteiger partial charge in [0.05, 0.1) is 26.4 Å². The van der Waals surface area contributed by atoms with Crippen LogP contribution in [0.4, 0.5) is 0 Å². The smallest absolute Gasteiger partial charge is 0.833 e. The molecule has 2 aliphatic rings. The van der Waals surface area contributed by atoms with Crippen molar-refractivity contribution in [2.45, 2.75) is 19.3 Å². The number of hydrogen-bond acceptors (Lipinski definition) is 11. The summed E-state index contributed by atoms with van der Waals surface area (Å²) in [7, 11) is -5.17. The number of phenolic OH excluding ortho intramolecular Hbond substituents is 1. The molecule has 4 rings (SSSR count). The van der Waals surface area contributed by atoms with Gasteiger partial charge in [0.2, 0.25) is 0 Å². The van der Waals surface area contributed by atoms with E-state index in [4.69, 9.17) is 10.2 Å². The summed E-state index contributed by atoms with van der Waals surface area (Å²) in [4.78, 5) is 0. The molecule has 0 atom stereocenters. The van der Waals surface area contributed by atoms with Crippen LogP contribution in [0.3, 0.4) is 0 Å². The molecule has 0 aromatic heterocycles. The maximum Gasteiger partial charge on any atom is 1.00 e. The predicted molar refractivity (Wildman–Crippen MR) is 156 cm³/mol. The number of phenols is 1. The first kappa shape index (κ1) is 75.8. The van der Waals surface area contributed by atoms with Crippen LogP contribution in [0.1, 0.15) is 25.0 Å².